The summed E-state index contributed by atoms with van der Waals surface area (Å²) in [5.41, 5.74) is 6.26. The molecule has 0 saturated carbocycles. The van der Waals surface area contributed by atoms with Gasteiger partial charge < -0.3 is 10.5 Å². The van der Waals surface area contributed by atoms with Gasteiger partial charge in [-0.1, -0.05) is 26.2 Å². The van der Waals surface area contributed by atoms with E-state index in [9.17, 15) is 0 Å². The lowest BCUT2D eigenvalue weighted by Gasteiger charge is -2.28. The summed E-state index contributed by atoms with van der Waals surface area (Å²) in [6, 6.07) is 0.718. The molecule has 0 amide bonds. The van der Waals surface area contributed by atoms with Crippen LogP contribution in [0.2, 0.25) is 0 Å². The van der Waals surface area contributed by atoms with Gasteiger partial charge in [-0.2, -0.15) is 0 Å². The Hall–Kier alpha value is -0.120. The molecule has 0 aromatic heterocycles. The van der Waals surface area contributed by atoms with Gasteiger partial charge in [0.1, 0.15) is 0 Å². The van der Waals surface area contributed by atoms with Crippen molar-refractivity contribution in [3.8, 4) is 0 Å². The highest BCUT2D eigenvalue weighted by Crippen LogP contribution is 2.41. The van der Waals surface area contributed by atoms with Gasteiger partial charge in [0.2, 0.25) is 0 Å². The normalized spacial score (nSPS) is 35.1. The molecule has 2 heterocycles. The Labute approximate surface area is 106 Å². The lowest BCUT2D eigenvalue weighted by atomic mass is 9.81. The Morgan fingerprint density at radius 1 is 1.47 bits per heavy atom. The van der Waals surface area contributed by atoms with Crippen molar-refractivity contribution in [2.24, 2.45) is 17.1 Å². The summed E-state index contributed by atoms with van der Waals surface area (Å²) in [6.07, 6.45) is 5.38. The van der Waals surface area contributed by atoms with Crippen molar-refractivity contribution in [3.63, 3.8) is 0 Å². The van der Waals surface area contributed by atoms with Crippen molar-refractivity contribution < 1.29 is 4.74 Å². The molecule has 2 saturated heterocycles. The topological polar surface area (TPSA) is 38.5 Å². The molecule has 3 atom stereocenters. The lowest BCUT2D eigenvalue weighted by Crippen LogP contribution is -2.39. The highest BCUT2D eigenvalue weighted by atomic mass is 16.5. The minimum Gasteiger partial charge on any atom is -0.380 e. The maximum Gasteiger partial charge on any atom is 0.0551 e. The Morgan fingerprint density at radius 2 is 2.29 bits per heavy atom. The molecule has 0 spiro atoms. The van der Waals surface area contributed by atoms with Crippen LogP contribution >= 0.6 is 0 Å². The summed E-state index contributed by atoms with van der Waals surface area (Å²) in [5.74, 6) is 0.682. The second-order valence-corrected chi connectivity index (χ2v) is 6.05. The Kier molecular flexibility index (Phi) is 4.45. The van der Waals surface area contributed by atoms with Crippen LogP contribution in [0.4, 0.5) is 0 Å². The number of rotatable bonds is 6. The third-order valence-corrected chi connectivity index (χ3v) is 4.80. The highest BCUT2D eigenvalue weighted by Gasteiger charge is 2.50. The zero-order chi connectivity index (χ0) is 12.3. The Bertz CT molecular complexity index is 246. The van der Waals surface area contributed by atoms with Gasteiger partial charge >= 0.3 is 0 Å². The number of hydrogen-bond donors (Lipinski definition) is 1. The monoisotopic (exact) mass is 240 g/mol. The molecule has 0 aliphatic carbocycles. The van der Waals surface area contributed by atoms with Gasteiger partial charge in [-0.15, -0.1) is 0 Å². The standard InChI is InChI=1S/C14H28N2O/c1-3-4-5-6-12(2)16-7-13-8-17-11-14(13,9-15)10-16/h12-13H,3-11,15H2,1-2H3/t12?,13?,14-/m1/s1. The van der Waals surface area contributed by atoms with Crippen LogP contribution < -0.4 is 5.73 Å². The minimum atomic E-state index is 0.277. The van der Waals surface area contributed by atoms with Crippen LogP contribution in [-0.2, 0) is 4.74 Å². The van der Waals surface area contributed by atoms with E-state index in [1.807, 2.05) is 0 Å². The van der Waals surface area contributed by atoms with Gasteiger partial charge in [0.15, 0.2) is 0 Å². The first kappa shape index (κ1) is 13.3. The van der Waals surface area contributed by atoms with E-state index in [-0.39, 0.29) is 5.41 Å². The van der Waals surface area contributed by atoms with E-state index < -0.39 is 0 Å². The van der Waals surface area contributed by atoms with Crippen LogP contribution in [0.15, 0.2) is 0 Å². The quantitative estimate of drug-likeness (QED) is 0.720. The molecule has 2 aliphatic heterocycles. The molecule has 0 aromatic rings. The van der Waals surface area contributed by atoms with Crippen LogP contribution in [-0.4, -0.2) is 43.8 Å². The number of ether oxygens (including phenoxy) is 1. The summed E-state index contributed by atoms with van der Waals surface area (Å²) < 4.78 is 5.63. The minimum absolute atomic E-state index is 0.277. The van der Waals surface area contributed by atoms with Crippen molar-refractivity contribution >= 4 is 0 Å². The molecule has 0 aromatic carbocycles. The van der Waals surface area contributed by atoms with Gasteiger partial charge in [-0.05, 0) is 13.3 Å². The van der Waals surface area contributed by atoms with Gasteiger partial charge in [0.05, 0.1) is 13.2 Å². The third-order valence-electron chi connectivity index (χ3n) is 4.80. The van der Waals surface area contributed by atoms with Gasteiger partial charge in [-0.25, -0.2) is 0 Å². The van der Waals surface area contributed by atoms with Gasteiger partial charge in [0.25, 0.3) is 0 Å². The van der Waals surface area contributed by atoms with E-state index in [1.54, 1.807) is 0 Å². The molecule has 2 rings (SSSR count). The fourth-order valence-corrected chi connectivity index (χ4v) is 3.37. The predicted molar refractivity (Wildman–Crippen MR) is 71.0 cm³/mol. The van der Waals surface area contributed by atoms with E-state index in [2.05, 4.69) is 18.7 Å². The zero-order valence-corrected chi connectivity index (χ0v) is 11.5. The maximum atomic E-state index is 5.99. The molecular formula is C14H28N2O. The molecule has 2 aliphatic rings. The smallest absolute Gasteiger partial charge is 0.0551 e. The molecule has 2 N–H and O–H groups in total. The molecule has 0 bridgehead atoms. The summed E-state index contributed by atoms with van der Waals surface area (Å²) in [5, 5.41) is 0. The molecule has 17 heavy (non-hydrogen) atoms. The molecule has 0 radical (unpaired) electrons. The van der Waals surface area contributed by atoms with E-state index >= 15 is 0 Å². The first-order valence-corrected chi connectivity index (χ1v) is 7.23. The maximum absolute atomic E-state index is 5.99. The summed E-state index contributed by atoms with van der Waals surface area (Å²) in [6.45, 7) is 9.59. The fourth-order valence-electron chi connectivity index (χ4n) is 3.37. The van der Waals surface area contributed by atoms with Crippen LogP contribution in [0.25, 0.3) is 0 Å². The summed E-state index contributed by atoms with van der Waals surface area (Å²) in [4.78, 5) is 2.65. The highest BCUT2D eigenvalue weighted by molar-refractivity contribution is 5.01. The van der Waals surface area contributed by atoms with Crippen LogP contribution in [0.5, 0.6) is 0 Å². The van der Waals surface area contributed by atoms with Crippen LogP contribution in [0.3, 0.4) is 0 Å². The van der Waals surface area contributed by atoms with E-state index in [0.29, 0.717) is 5.92 Å². The number of nitrogens with two attached hydrogens (primary N) is 1. The van der Waals surface area contributed by atoms with Crippen molar-refractivity contribution in [2.45, 2.75) is 45.6 Å². The molecule has 2 fully saturated rings. The Morgan fingerprint density at radius 3 is 2.94 bits per heavy atom. The summed E-state index contributed by atoms with van der Waals surface area (Å²) >= 11 is 0. The van der Waals surface area contributed by atoms with Crippen LogP contribution in [0, 0.1) is 11.3 Å². The van der Waals surface area contributed by atoms with E-state index in [1.165, 1.54) is 32.2 Å². The number of hydrogen-bond acceptors (Lipinski definition) is 3. The molecule has 100 valence electrons. The first-order chi connectivity index (χ1) is 8.22. The van der Waals surface area contributed by atoms with Gasteiger partial charge in [0, 0.05) is 37.0 Å². The van der Waals surface area contributed by atoms with Crippen molar-refractivity contribution in [2.75, 3.05) is 32.8 Å². The zero-order valence-electron chi connectivity index (χ0n) is 11.5. The molecule has 2 unspecified atom stereocenters. The third kappa shape index (κ3) is 2.67. The van der Waals surface area contributed by atoms with E-state index in [0.717, 1.165) is 32.3 Å². The SMILES string of the molecule is CCCCCC(C)N1CC2COC[C@@]2(CN)C1. The van der Waals surface area contributed by atoms with Crippen molar-refractivity contribution in [1.29, 1.82) is 0 Å². The predicted octanol–water partition coefficient (Wildman–Crippen LogP) is 1.86. The second-order valence-electron chi connectivity index (χ2n) is 6.05. The first-order valence-electron chi connectivity index (χ1n) is 7.23. The number of likely N-dealkylation sites (tertiary alicyclic amines) is 1. The van der Waals surface area contributed by atoms with Crippen molar-refractivity contribution in [1.82, 2.24) is 4.90 Å². The average molecular weight is 240 g/mol. The molecule has 3 heteroatoms. The summed E-state index contributed by atoms with van der Waals surface area (Å²) in [7, 11) is 0. The lowest BCUT2D eigenvalue weighted by molar-refractivity contribution is 0.117. The second kappa shape index (κ2) is 5.68. The largest absolute Gasteiger partial charge is 0.380 e. The Balaban J connectivity index is 1.84. The molecular weight excluding hydrogens is 212 g/mol. The van der Waals surface area contributed by atoms with Crippen LogP contribution in [0.1, 0.15) is 39.5 Å². The fraction of sp³-hybridized carbons (Fsp3) is 1.00. The van der Waals surface area contributed by atoms with Gasteiger partial charge in [-0.3, -0.25) is 4.90 Å². The number of nitrogens with zero attached hydrogens (tertiary/aromatic N) is 1. The van der Waals surface area contributed by atoms with Crippen molar-refractivity contribution in [3.05, 3.63) is 0 Å². The van der Waals surface area contributed by atoms with E-state index in [4.69, 9.17) is 10.5 Å². The number of fused-ring (bicyclic) bond motifs is 1. The number of unbranched alkanes of at least 4 members (excludes halogenated alkanes) is 2. The average Bonchev–Trinajstić information content (AvgIpc) is 2.85. The molecule has 3 nitrogen and oxygen atoms in total.